The summed E-state index contributed by atoms with van der Waals surface area (Å²) in [5, 5.41) is 81.7. The zero-order valence-electron chi connectivity index (χ0n) is 43.6. The lowest BCUT2D eigenvalue weighted by atomic mass is 10.0. The molecule has 12 N–H and O–H groups in total. The van der Waals surface area contributed by atoms with Crippen LogP contribution in [0.3, 0.4) is 0 Å². The fraction of sp³-hybridized carbons (Fsp3) is 0.612. The van der Waals surface area contributed by atoms with Gasteiger partial charge in [-0.05, 0) is 52.4 Å². The van der Waals surface area contributed by atoms with Crippen LogP contribution in [0, 0.1) is 0 Å². The van der Waals surface area contributed by atoms with E-state index in [1.165, 1.54) is 0 Å². The topological polar surface area (TPSA) is 374 Å². The molecule has 4 amide bonds. The fourth-order valence-corrected chi connectivity index (χ4v) is 11.1. The Hall–Kier alpha value is -7.31. The summed E-state index contributed by atoms with van der Waals surface area (Å²) in [7, 11) is 0. The molecule has 6 aromatic heterocycles. The van der Waals surface area contributed by atoms with Crippen LogP contribution in [-0.4, -0.2) is 217 Å². The average molecular weight is 1080 g/mol. The maximum Gasteiger partial charge on any atom is 0.320 e. The van der Waals surface area contributed by atoms with Gasteiger partial charge < -0.3 is 90.6 Å². The monoisotopic (exact) mass is 1080 g/mol. The highest BCUT2D eigenvalue weighted by Gasteiger charge is 2.45. The molecule has 2 aliphatic carbocycles. The third-order valence-electron chi connectivity index (χ3n) is 15.5. The Morgan fingerprint density at radius 2 is 0.974 bits per heavy atom. The van der Waals surface area contributed by atoms with Crippen molar-refractivity contribution in [1.82, 2.24) is 78.6 Å². The molecule has 2 saturated carbocycles. The summed E-state index contributed by atoms with van der Waals surface area (Å²) in [5.74, 6) is 0.257. The summed E-state index contributed by atoms with van der Waals surface area (Å²) >= 11 is 0. The zero-order valence-corrected chi connectivity index (χ0v) is 43.6. The maximum absolute atomic E-state index is 14.1. The van der Waals surface area contributed by atoms with E-state index in [1.807, 2.05) is 45.2 Å². The third kappa shape index (κ3) is 11.6. The number of amides is 4. The van der Waals surface area contributed by atoms with Crippen LogP contribution in [0.4, 0.5) is 28.3 Å². The minimum atomic E-state index is -1.29. The molecule has 6 aromatic rings. The van der Waals surface area contributed by atoms with Crippen molar-refractivity contribution in [3.8, 4) is 0 Å². The number of anilines is 4. The van der Waals surface area contributed by atoms with Crippen LogP contribution < -0.4 is 31.9 Å². The van der Waals surface area contributed by atoms with Crippen LogP contribution in [0.15, 0.2) is 37.7 Å². The Labute approximate surface area is 447 Å². The van der Waals surface area contributed by atoms with E-state index < -0.39 is 73.6 Å². The van der Waals surface area contributed by atoms with Crippen molar-refractivity contribution in [2.45, 2.75) is 139 Å². The van der Waals surface area contributed by atoms with E-state index in [0.29, 0.717) is 124 Å². The molecule has 420 valence electrons. The molecule has 10 rings (SSSR count). The molecular weight excluding hydrogens is 1010 g/mol. The highest BCUT2D eigenvalue weighted by atomic mass is 16.3. The summed E-state index contributed by atoms with van der Waals surface area (Å²) in [4.78, 5) is 79.6. The van der Waals surface area contributed by atoms with Gasteiger partial charge in [-0.1, -0.05) is 0 Å². The fourth-order valence-electron chi connectivity index (χ4n) is 11.1. The number of likely N-dealkylation sites (tertiary alicyclic amines) is 2. The first-order valence-corrected chi connectivity index (χ1v) is 26.9. The van der Waals surface area contributed by atoms with Gasteiger partial charge in [-0.2, -0.15) is 19.9 Å². The molecule has 29 heteroatoms. The van der Waals surface area contributed by atoms with Crippen LogP contribution in [-0.2, 0) is 35.5 Å². The summed E-state index contributed by atoms with van der Waals surface area (Å²) in [6.07, 6.45) is 9.61. The smallest absolute Gasteiger partial charge is 0.320 e. The number of nitrogens with zero attached hydrogens (tertiary/aromatic N) is 14. The molecule has 0 bridgehead atoms. The number of nitrogens with one attached hydrogen (secondary N) is 6. The normalized spacial score (nSPS) is 24.1. The number of hydrogen-bond acceptors (Lipinski definition) is 21. The second-order valence-electron chi connectivity index (χ2n) is 20.5. The number of aryl methyl sites for hydroxylation is 2. The van der Waals surface area contributed by atoms with E-state index in [9.17, 15) is 45.0 Å². The van der Waals surface area contributed by atoms with Crippen LogP contribution in [0.25, 0.3) is 22.3 Å². The van der Waals surface area contributed by atoms with Crippen LogP contribution in [0.5, 0.6) is 0 Å². The first-order valence-electron chi connectivity index (χ1n) is 26.9. The number of carbonyl (C=O) groups excluding carboxylic acids is 3. The summed E-state index contributed by atoms with van der Waals surface area (Å²) in [5.41, 5.74) is 3.54. The number of aromatic nitrogens is 12. The van der Waals surface area contributed by atoms with Crippen molar-refractivity contribution >= 4 is 63.7 Å². The lowest BCUT2D eigenvalue weighted by Gasteiger charge is -2.39. The molecule has 8 atom stereocenters. The number of imidazole rings is 4. The molecule has 2 saturated heterocycles. The van der Waals surface area contributed by atoms with Gasteiger partial charge in [0.05, 0.1) is 60.9 Å². The van der Waals surface area contributed by atoms with Gasteiger partial charge in [0.2, 0.25) is 23.7 Å². The molecule has 0 spiro atoms. The van der Waals surface area contributed by atoms with Crippen molar-refractivity contribution < 1.29 is 45.0 Å². The second-order valence-corrected chi connectivity index (χ2v) is 20.5. The largest absolute Gasteiger partial charge is 0.388 e. The predicted octanol–water partition coefficient (Wildman–Crippen LogP) is -1.43. The van der Waals surface area contributed by atoms with Crippen LogP contribution in [0.2, 0.25) is 0 Å². The number of fused-ring (bicyclic) bond motifs is 2. The van der Waals surface area contributed by atoms with Crippen molar-refractivity contribution in [2.24, 2.45) is 0 Å². The van der Waals surface area contributed by atoms with E-state index >= 15 is 0 Å². The summed E-state index contributed by atoms with van der Waals surface area (Å²) in [6, 6.07) is -3.18. The molecule has 2 aliphatic heterocycles. The maximum atomic E-state index is 14.1. The standard InChI is InChI=1S/C49H70N20O9/c1-3-64-19-29(52-23-64)5-11-50-47-60-43(37-45(62-47)68(25-54-37)33-17-31(39(74)41(33)76)58-35(72)21-70)56-27-7-13-66(14-8-27)49(78)67-15-9-28(10-16-67)57-44-38-46(63-48(61-44)51-12-6-30-20-65(4-2)24-53-30)69(26-55-38)34-18-32(40(75)42(34)77)59-36(73)22-71/h19-20,23-28,31-34,39-42,70-71,74-77H,3-18,21-22H2,1-2H3,(H,58,72)(H,59,73)(H2,50,56,60,62)(H2,51,57,61,63)/t31-,32-,33+,34+,39+,40+,41-,42-/m0/s1. The minimum Gasteiger partial charge on any atom is -0.388 e. The molecule has 0 radical (unpaired) electrons. The van der Waals surface area contributed by atoms with E-state index in [1.54, 1.807) is 34.4 Å². The number of urea groups is 1. The zero-order chi connectivity index (χ0) is 54.6. The van der Waals surface area contributed by atoms with E-state index in [2.05, 4.69) is 51.8 Å². The molecule has 8 heterocycles. The van der Waals surface area contributed by atoms with E-state index in [0.717, 1.165) is 24.5 Å². The lowest BCUT2D eigenvalue weighted by Crippen LogP contribution is -2.51. The molecule has 0 unspecified atom stereocenters. The van der Waals surface area contributed by atoms with E-state index in [4.69, 9.17) is 19.9 Å². The van der Waals surface area contributed by atoms with Gasteiger partial charge in [-0.3, -0.25) is 9.59 Å². The summed E-state index contributed by atoms with van der Waals surface area (Å²) in [6.45, 7) is 7.15. The molecular formula is C49H70N20O9. The van der Waals surface area contributed by atoms with Crippen molar-refractivity contribution in [2.75, 3.05) is 73.7 Å². The number of aliphatic hydroxyl groups is 6. The molecule has 29 nitrogen and oxygen atoms in total. The Kier molecular flexibility index (Phi) is 16.5. The van der Waals surface area contributed by atoms with Crippen molar-refractivity contribution in [3.05, 3.63) is 49.1 Å². The van der Waals surface area contributed by atoms with Crippen LogP contribution >= 0.6 is 0 Å². The van der Waals surface area contributed by atoms with Gasteiger partial charge in [0.15, 0.2) is 34.0 Å². The third-order valence-corrected chi connectivity index (χ3v) is 15.5. The van der Waals surface area contributed by atoms with Gasteiger partial charge in [0.1, 0.15) is 37.6 Å². The number of rotatable bonds is 20. The van der Waals surface area contributed by atoms with Gasteiger partial charge >= 0.3 is 6.03 Å². The second kappa shape index (κ2) is 23.7. The molecule has 0 aromatic carbocycles. The Morgan fingerprint density at radius 3 is 1.35 bits per heavy atom. The average Bonchev–Trinajstić information content (AvgIpc) is 4.46. The number of piperidine rings is 2. The van der Waals surface area contributed by atoms with Crippen LogP contribution in [0.1, 0.15) is 75.8 Å². The SMILES string of the molecule is CCn1cnc(CCNc2nc(NC3CCN(C(=O)N4CCC(Nc5nc(NCCc6cn(CC)cn6)nc6c5ncn6[C@@H]5C[C@H](NC(=O)CO)[C@@H](O)[C@H]5O)CC4)CC3)c3ncn([C@@H]4C[C@H](NC(=O)CO)[C@@H](O)[C@H]4O)c3n2)c1. The molecule has 4 fully saturated rings. The first kappa shape index (κ1) is 54.1. The highest BCUT2D eigenvalue weighted by molar-refractivity contribution is 5.86. The first-order chi connectivity index (χ1) is 37.8. The van der Waals surface area contributed by atoms with E-state index in [-0.39, 0.29) is 31.0 Å². The van der Waals surface area contributed by atoms with Gasteiger partial charge in [-0.15, -0.1) is 0 Å². The lowest BCUT2D eigenvalue weighted by molar-refractivity contribution is -0.126. The number of aliphatic hydroxyl groups excluding tert-OH is 6. The van der Waals surface area contributed by atoms with Gasteiger partial charge in [-0.25, -0.2) is 24.7 Å². The highest BCUT2D eigenvalue weighted by Crippen LogP contribution is 2.37. The Bertz CT molecular complexity index is 2840. The quantitative estimate of drug-likeness (QED) is 0.0417. The number of carbonyl (C=O) groups is 3. The summed E-state index contributed by atoms with van der Waals surface area (Å²) < 4.78 is 7.37. The number of hydrogen-bond donors (Lipinski definition) is 12. The minimum absolute atomic E-state index is 0.0414. The molecule has 4 aliphatic rings. The van der Waals surface area contributed by atoms with Gasteiger partial charge in [0.25, 0.3) is 0 Å². The molecule has 78 heavy (non-hydrogen) atoms. The van der Waals surface area contributed by atoms with Crippen molar-refractivity contribution in [3.63, 3.8) is 0 Å². The Morgan fingerprint density at radius 1 is 0.564 bits per heavy atom. The predicted molar refractivity (Wildman–Crippen MR) is 282 cm³/mol. The van der Waals surface area contributed by atoms with Crippen molar-refractivity contribution in [1.29, 1.82) is 0 Å². The Balaban J connectivity index is 0.783. The van der Waals surface area contributed by atoms with Gasteiger partial charge in [0, 0.05) is 89.7 Å².